The van der Waals surface area contributed by atoms with Gasteiger partial charge in [0.05, 0.1) is 11.1 Å². The van der Waals surface area contributed by atoms with Gasteiger partial charge in [-0.05, 0) is 47.1 Å². The molecule has 106 valence electrons. The topological polar surface area (TPSA) is 12.0 Å². The first-order valence-electron chi connectivity index (χ1n) is 6.03. The first-order chi connectivity index (χ1) is 9.47. The summed E-state index contributed by atoms with van der Waals surface area (Å²) < 4.78 is 15.9. The van der Waals surface area contributed by atoms with Crippen LogP contribution in [0.5, 0.6) is 0 Å². The van der Waals surface area contributed by atoms with Gasteiger partial charge in [0.15, 0.2) is 0 Å². The summed E-state index contributed by atoms with van der Waals surface area (Å²) in [5.41, 5.74) is 2.60. The van der Waals surface area contributed by atoms with E-state index < -0.39 is 5.82 Å². The maximum absolute atomic E-state index is 14.4. The standard InChI is InChI=1S/C15H13Br2ClFN/c1-8-4-3-5-9(12(8)17)15(20-2)10-6-7-11(16)13(18)14(10)19/h3-7,15,20H,1-2H3. The Labute approximate surface area is 139 Å². The summed E-state index contributed by atoms with van der Waals surface area (Å²) in [6, 6.07) is 9.15. The molecule has 0 aromatic heterocycles. The van der Waals surface area contributed by atoms with E-state index in [2.05, 4.69) is 37.2 Å². The molecule has 5 heteroatoms. The zero-order valence-electron chi connectivity index (χ0n) is 11.0. The molecule has 1 unspecified atom stereocenters. The van der Waals surface area contributed by atoms with Crippen LogP contribution in [0.2, 0.25) is 5.02 Å². The van der Waals surface area contributed by atoms with E-state index in [1.165, 1.54) is 0 Å². The highest BCUT2D eigenvalue weighted by atomic mass is 79.9. The van der Waals surface area contributed by atoms with Crippen molar-refractivity contribution < 1.29 is 4.39 Å². The number of aryl methyl sites for hydroxylation is 1. The summed E-state index contributed by atoms with van der Waals surface area (Å²) in [5.74, 6) is -0.409. The molecular formula is C15H13Br2ClFN. The summed E-state index contributed by atoms with van der Waals surface area (Å²) in [6.45, 7) is 2.01. The van der Waals surface area contributed by atoms with Crippen LogP contribution in [0.25, 0.3) is 0 Å². The van der Waals surface area contributed by atoms with Gasteiger partial charge in [0.25, 0.3) is 0 Å². The van der Waals surface area contributed by atoms with Gasteiger partial charge >= 0.3 is 0 Å². The van der Waals surface area contributed by atoms with Gasteiger partial charge in [0, 0.05) is 14.5 Å². The van der Waals surface area contributed by atoms with E-state index in [0.29, 0.717) is 10.0 Å². The Bertz CT molecular complexity index is 646. The largest absolute Gasteiger partial charge is 0.309 e. The molecule has 0 radical (unpaired) electrons. The van der Waals surface area contributed by atoms with Crippen LogP contribution in [0.3, 0.4) is 0 Å². The first kappa shape index (κ1) is 16.0. The fraction of sp³-hybridized carbons (Fsp3) is 0.200. The molecule has 1 atom stereocenters. The van der Waals surface area contributed by atoms with Crippen LogP contribution in [0.1, 0.15) is 22.7 Å². The van der Waals surface area contributed by atoms with Crippen molar-refractivity contribution in [1.82, 2.24) is 5.32 Å². The second-order valence-corrected chi connectivity index (χ2v) is 6.49. The van der Waals surface area contributed by atoms with Crippen LogP contribution in [0.15, 0.2) is 39.3 Å². The molecule has 0 aliphatic heterocycles. The molecule has 1 nitrogen and oxygen atoms in total. The molecule has 0 saturated heterocycles. The van der Waals surface area contributed by atoms with Gasteiger partial charge in [0.1, 0.15) is 5.82 Å². The van der Waals surface area contributed by atoms with E-state index in [1.807, 2.05) is 25.1 Å². The van der Waals surface area contributed by atoms with Crippen molar-refractivity contribution in [3.05, 3.63) is 66.8 Å². The zero-order chi connectivity index (χ0) is 14.9. The molecule has 0 saturated carbocycles. The Balaban J connectivity index is 2.59. The number of halogens is 4. The predicted octanol–water partition coefficient (Wildman–Crippen LogP) is 5.62. The molecule has 20 heavy (non-hydrogen) atoms. The zero-order valence-corrected chi connectivity index (χ0v) is 14.9. The van der Waals surface area contributed by atoms with Gasteiger partial charge in [-0.2, -0.15) is 0 Å². The Morgan fingerprint density at radius 3 is 2.50 bits per heavy atom. The smallest absolute Gasteiger partial charge is 0.148 e. The summed E-state index contributed by atoms with van der Waals surface area (Å²) in [7, 11) is 1.80. The van der Waals surface area contributed by atoms with Crippen molar-refractivity contribution in [3.63, 3.8) is 0 Å². The monoisotopic (exact) mass is 419 g/mol. The molecule has 0 bridgehead atoms. The molecule has 0 aliphatic carbocycles. The van der Waals surface area contributed by atoms with Gasteiger partial charge in [-0.1, -0.05) is 51.8 Å². The molecule has 0 heterocycles. The fourth-order valence-corrected chi connectivity index (χ4v) is 3.11. The summed E-state index contributed by atoms with van der Waals surface area (Å²) in [5, 5.41) is 3.25. The van der Waals surface area contributed by atoms with Crippen molar-refractivity contribution in [2.75, 3.05) is 7.05 Å². The average molecular weight is 422 g/mol. The second-order valence-electron chi connectivity index (χ2n) is 4.46. The number of hydrogen-bond acceptors (Lipinski definition) is 1. The Morgan fingerprint density at radius 2 is 1.85 bits per heavy atom. The molecular weight excluding hydrogens is 408 g/mol. The van der Waals surface area contributed by atoms with E-state index in [-0.39, 0.29) is 11.1 Å². The van der Waals surface area contributed by atoms with E-state index in [4.69, 9.17) is 11.6 Å². The van der Waals surface area contributed by atoms with Crippen LogP contribution in [-0.2, 0) is 0 Å². The SMILES string of the molecule is CNC(c1ccc(Br)c(Cl)c1F)c1cccc(C)c1Br. The van der Waals surface area contributed by atoms with E-state index >= 15 is 0 Å². The van der Waals surface area contributed by atoms with Crippen molar-refractivity contribution in [3.8, 4) is 0 Å². The average Bonchev–Trinajstić information content (AvgIpc) is 2.44. The maximum atomic E-state index is 14.4. The van der Waals surface area contributed by atoms with Crippen LogP contribution >= 0.6 is 43.5 Å². The van der Waals surface area contributed by atoms with Gasteiger partial charge < -0.3 is 5.32 Å². The van der Waals surface area contributed by atoms with Crippen molar-refractivity contribution in [2.24, 2.45) is 0 Å². The summed E-state index contributed by atoms with van der Waals surface area (Å²) >= 11 is 12.8. The third-order valence-corrected chi connectivity index (χ3v) is 5.54. The number of benzene rings is 2. The fourth-order valence-electron chi connectivity index (χ4n) is 2.14. The van der Waals surface area contributed by atoms with Crippen LogP contribution in [-0.4, -0.2) is 7.05 Å². The highest BCUT2D eigenvalue weighted by molar-refractivity contribution is 9.10. The highest BCUT2D eigenvalue weighted by Crippen LogP contribution is 2.35. The Morgan fingerprint density at radius 1 is 1.15 bits per heavy atom. The minimum absolute atomic E-state index is 0.103. The van der Waals surface area contributed by atoms with Crippen molar-refractivity contribution in [1.29, 1.82) is 0 Å². The molecule has 0 spiro atoms. The van der Waals surface area contributed by atoms with E-state index in [9.17, 15) is 4.39 Å². The Kier molecular flexibility index (Phi) is 5.24. The third kappa shape index (κ3) is 2.93. The lowest BCUT2D eigenvalue weighted by molar-refractivity contribution is 0.575. The van der Waals surface area contributed by atoms with Crippen LogP contribution < -0.4 is 5.32 Å². The van der Waals surface area contributed by atoms with Gasteiger partial charge in [0.2, 0.25) is 0 Å². The molecule has 2 aromatic rings. The van der Waals surface area contributed by atoms with E-state index in [0.717, 1.165) is 15.6 Å². The normalized spacial score (nSPS) is 12.5. The first-order valence-corrected chi connectivity index (χ1v) is 7.99. The summed E-state index contributed by atoms with van der Waals surface area (Å²) in [6.07, 6.45) is 0. The van der Waals surface area contributed by atoms with E-state index in [1.54, 1.807) is 19.2 Å². The lowest BCUT2D eigenvalue weighted by Gasteiger charge is -2.21. The van der Waals surface area contributed by atoms with Crippen molar-refractivity contribution >= 4 is 43.5 Å². The van der Waals surface area contributed by atoms with Gasteiger partial charge in [-0.25, -0.2) is 4.39 Å². The van der Waals surface area contributed by atoms with Crippen LogP contribution in [0.4, 0.5) is 4.39 Å². The van der Waals surface area contributed by atoms with Crippen LogP contribution in [0, 0.1) is 12.7 Å². The molecule has 2 aromatic carbocycles. The predicted molar refractivity (Wildman–Crippen MR) is 88.9 cm³/mol. The lowest BCUT2D eigenvalue weighted by Crippen LogP contribution is -2.20. The molecule has 0 amide bonds. The minimum Gasteiger partial charge on any atom is -0.309 e. The quantitative estimate of drug-likeness (QED) is 0.634. The lowest BCUT2D eigenvalue weighted by atomic mass is 9.97. The highest BCUT2D eigenvalue weighted by Gasteiger charge is 2.21. The van der Waals surface area contributed by atoms with Crippen molar-refractivity contribution in [2.45, 2.75) is 13.0 Å². The second kappa shape index (κ2) is 6.56. The number of nitrogens with one attached hydrogen (secondary N) is 1. The number of hydrogen-bond donors (Lipinski definition) is 1. The third-order valence-electron chi connectivity index (χ3n) is 3.20. The minimum atomic E-state index is -0.409. The Hall–Kier alpha value is -0.420. The van der Waals surface area contributed by atoms with Gasteiger partial charge in [-0.3, -0.25) is 0 Å². The van der Waals surface area contributed by atoms with Gasteiger partial charge in [-0.15, -0.1) is 0 Å². The molecule has 2 rings (SSSR count). The molecule has 0 aliphatic rings. The molecule has 0 fully saturated rings. The number of rotatable bonds is 3. The maximum Gasteiger partial charge on any atom is 0.148 e. The molecule has 1 N–H and O–H groups in total. The summed E-state index contributed by atoms with van der Waals surface area (Å²) in [4.78, 5) is 0.